The van der Waals surface area contributed by atoms with E-state index in [-0.39, 0.29) is 30.1 Å². The molecular formula is C18H16F4N4O2S. The van der Waals surface area contributed by atoms with E-state index in [1.54, 1.807) is 5.38 Å². The molecule has 11 heteroatoms. The third-order valence-electron chi connectivity index (χ3n) is 4.12. The highest BCUT2D eigenvalue weighted by Crippen LogP contribution is 2.32. The number of nitrogens with one attached hydrogen (secondary N) is 2. The van der Waals surface area contributed by atoms with Crippen molar-refractivity contribution in [3.8, 4) is 11.3 Å². The number of nitrogens with zero attached hydrogens (tertiary/aromatic N) is 1. The average Bonchev–Trinajstić information content (AvgIpc) is 3.34. The van der Waals surface area contributed by atoms with E-state index < -0.39 is 29.5 Å². The smallest absolute Gasteiger partial charge is 0.389 e. The molecule has 2 aromatic heterocycles. The first-order chi connectivity index (χ1) is 13.7. The Labute approximate surface area is 166 Å². The molecule has 0 saturated heterocycles. The van der Waals surface area contributed by atoms with Crippen molar-refractivity contribution in [3.63, 3.8) is 0 Å². The standard InChI is InChI=1S/C18H16F4N4O2S/c19-11-5-9(18(20,21)22)1-2-10(11)12-3-4-13(24-12)17(28)26-14(6-23)15-8-29-16(7-27)25-15/h1-5,8,14,24,27H,6-7,23H2,(H,26,28)/t14-/m1/s1. The second-order valence-corrected chi connectivity index (χ2v) is 7.01. The maximum Gasteiger partial charge on any atom is 0.416 e. The maximum absolute atomic E-state index is 14.1. The molecule has 3 aromatic rings. The predicted octanol–water partition coefficient (Wildman–Crippen LogP) is 3.22. The molecule has 1 amide bonds. The molecule has 2 heterocycles. The van der Waals surface area contributed by atoms with Crippen molar-refractivity contribution in [2.24, 2.45) is 5.73 Å². The van der Waals surface area contributed by atoms with Gasteiger partial charge in [-0.2, -0.15) is 13.2 Å². The van der Waals surface area contributed by atoms with Gasteiger partial charge in [0.1, 0.15) is 16.5 Å². The second kappa shape index (κ2) is 8.31. The van der Waals surface area contributed by atoms with Crippen LogP contribution in [0.1, 0.15) is 32.8 Å². The number of halogens is 4. The Morgan fingerprint density at radius 3 is 2.66 bits per heavy atom. The summed E-state index contributed by atoms with van der Waals surface area (Å²) in [4.78, 5) is 19.3. The number of hydrogen-bond acceptors (Lipinski definition) is 5. The summed E-state index contributed by atoms with van der Waals surface area (Å²) in [6.45, 7) is -0.171. The van der Waals surface area contributed by atoms with Crippen LogP contribution in [0.2, 0.25) is 0 Å². The molecular weight excluding hydrogens is 412 g/mol. The molecule has 29 heavy (non-hydrogen) atoms. The number of nitrogens with two attached hydrogens (primary N) is 1. The van der Waals surface area contributed by atoms with Gasteiger partial charge < -0.3 is 21.1 Å². The van der Waals surface area contributed by atoms with Crippen LogP contribution < -0.4 is 11.1 Å². The van der Waals surface area contributed by atoms with Gasteiger partial charge in [0.05, 0.1) is 23.9 Å². The molecule has 0 unspecified atom stereocenters. The highest BCUT2D eigenvalue weighted by atomic mass is 32.1. The molecule has 0 aliphatic heterocycles. The number of hydrogen-bond donors (Lipinski definition) is 4. The Morgan fingerprint density at radius 1 is 1.31 bits per heavy atom. The Kier molecular flexibility index (Phi) is 6.01. The minimum atomic E-state index is -4.65. The van der Waals surface area contributed by atoms with Crippen LogP contribution in [0.5, 0.6) is 0 Å². The van der Waals surface area contributed by atoms with E-state index in [1.165, 1.54) is 23.5 Å². The molecule has 3 rings (SSSR count). The van der Waals surface area contributed by atoms with Crippen molar-refractivity contribution < 1.29 is 27.5 Å². The number of aliphatic hydroxyl groups is 1. The number of benzene rings is 1. The molecule has 154 valence electrons. The zero-order chi connectivity index (χ0) is 21.2. The molecule has 0 aliphatic carbocycles. The number of thiazole rings is 1. The van der Waals surface area contributed by atoms with Crippen molar-refractivity contribution in [1.29, 1.82) is 0 Å². The fraction of sp³-hybridized carbons (Fsp3) is 0.222. The van der Waals surface area contributed by atoms with E-state index >= 15 is 0 Å². The van der Waals surface area contributed by atoms with Crippen LogP contribution in [-0.4, -0.2) is 27.5 Å². The summed E-state index contributed by atoms with van der Waals surface area (Å²) in [5.74, 6) is -1.61. The molecule has 5 N–H and O–H groups in total. The molecule has 0 saturated carbocycles. The Bertz CT molecular complexity index is 1020. The van der Waals surface area contributed by atoms with Crippen molar-refractivity contribution in [2.45, 2.75) is 18.8 Å². The quantitative estimate of drug-likeness (QED) is 0.453. The Morgan fingerprint density at radius 2 is 2.07 bits per heavy atom. The summed E-state index contributed by atoms with van der Waals surface area (Å²) in [5.41, 5.74) is 5.22. The summed E-state index contributed by atoms with van der Waals surface area (Å²) in [6.07, 6.45) is -4.65. The number of rotatable bonds is 6. The number of aromatic amines is 1. The van der Waals surface area contributed by atoms with Gasteiger partial charge in [-0.05, 0) is 30.3 Å². The van der Waals surface area contributed by atoms with Crippen LogP contribution in [-0.2, 0) is 12.8 Å². The number of aliphatic hydroxyl groups excluding tert-OH is 1. The zero-order valence-corrected chi connectivity index (χ0v) is 15.6. The third kappa shape index (κ3) is 4.63. The minimum absolute atomic E-state index is 0.0570. The molecule has 1 atom stereocenters. The monoisotopic (exact) mass is 428 g/mol. The topological polar surface area (TPSA) is 104 Å². The van der Waals surface area contributed by atoms with Crippen molar-refractivity contribution >= 4 is 17.2 Å². The normalized spacial score (nSPS) is 12.8. The molecule has 0 radical (unpaired) electrons. The molecule has 6 nitrogen and oxygen atoms in total. The number of amides is 1. The van der Waals surface area contributed by atoms with Gasteiger partial charge in [-0.15, -0.1) is 11.3 Å². The molecule has 1 aromatic carbocycles. The number of carbonyl (C=O) groups excluding carboxylic acids is 1. The van der Waals surface area contributed by atoms with Crippen LogP contribution in [0.3, 0.4) is 0 Å². The Hall–Kier alpha value is -2.76. The highest BCUT2D eigenvalue weighted by molar-refractivity contribution is 7.09. The SMILES string of the molecule is NC[C@@H](NC(=O)c1ccc(-c2ccc(C(F)(F)F)cc2F)[nH]1)c1csc(CO)n1. The van der Waals surface area contributed by atoms with Gasteiger partial charge in [0.15, 0.2) is 0 Å². The number of alkyl halides is 3. The van der Waals surface area contributed by atoms with E-state index in [0.717, 1.165) is 12.1 Å². The lowest BCUT2D eigenvalue weighted by Gasteiger charge is -2.14. The summed E-state index contributed by atoms with van der Waals surface area (Å²) in [6, 6.07) is 4.35. The van der Waals surface area contributed by atoms with Crippen LogP contribution >= 0.6 is 11.3 Å². The largest absolute Gasteiger partial charge is 0.416 e. The maximum atomic E-state index is 14.1. The fourth-order valence-electron chi connectivity index (χ4n) is 2.64. The van der Waals surface area contributed by atoms with E-state index in [4.69, 9.17) is 10.8 Å². The molecule has 0 spiro atoms. The lowest BCUT2D eigenvalue weighted by atomic mass is 10.1. The first-order valence-corrected chi connectivity index (χ1v) is 9.23. The summed E-state index contributed by atoms with van der Waals surface area (Å²) in [5, 5.41) is 13.9. The summed E-state index contributed by atoms with van der Waals surface area (Å²) in [7, 11) is 0. The van der Waals surface area contributed by atoms with Gasteiger partial charge in [0.25, 0.3) is 5.91 Å². The van der Waals surface area contributed by atoms with Crippen molar-refractivity contribution in [2.75, 3.05) is 6.54 Å². The zero-order valence-electron chi connectivity index (χ0n) is 14.8. The van der Waals surface area contributed by atoms with Crippen LogP contribution in [0.4, 0.5) is 17.6 Å². The number of aromatic nitrogens is 2. The van der Waals surface area contributed by atoms with Crippen LogP contribution in [0, 0.1) is 5.82 Å². The second-order valence-electron chi connectivity index (χ2n) is 6.06. The fourth-order valence-corrected chi connectivity index (χ4v) is 3.35. The molecule has 0 bridgehead atoms. The first-order valence-electron chi connectivity index (χ1n) is 8.35. The van der Waals surface area contributed by atoms with Gasteiger partial charge >= 0.3 is 6.18 Å². The minimum Gasteiger partial charge on any atom is -0.389 e. The lowest BCUT2D eigenvalue weighted by Crippen LogP contribution is -2.33. The van der Waals surface area contributed by atoms with E-state index in [0.29, 0.717) is 16.8 Å². The van der Waals surface area contributed by atoms with Gasteiger partial charge in [0, 0.05) is 23.2 Å². The van der Waals surface area contributed by atoms with Gasteiger partial charge in [-0.25, -0.2) is 9.37 Å². The predicted molar refractivity (Wildman–Crippen MR) is 98.5 cm³/mol. The summed E-state index contributed by atoms with van der Waals surface area (Å²) >= 11 is 1.22. The average molecular weight is 428 g/mol. The number of carbonyl (C=O) groups is 1. The number of H-pyrrole nitrogens is 1. The van der Waals surface area contributed by atoms with Gasteiger partial charge in [-0.3, -0.25) is 4.79 Å². The van der Waals surface area contributed by atoms with E-state index in [1.807, 2.05) is 0 Å². The van der Waals surface area contributed by atoms with Gasteiger partial charge in [0.2, 0.25) is 0 Å². The van der Waals surface area contributed by atoms with Crippen LogP contribution in [0.25, 0.3) is 11.3 Å². The first kappa shape index (κ1) is 21.0. The molecule has 0 aliphatic rings. The lowest BCUT2D eigenvalue weighted by molar-refractivity contribution is -0.137. The van der Waals surface area contributed by atoms with E-state index in [2.05, 4.69) is 15.3 Å². The Balaban J connectivity index is 1.77. The molecule has 0 fully saturated rings. The summed E-state index contributed by atoms with van der Waals surface area (Å²) < 4.78 is 52.2. The van der Waals surface area contributed by atoms with E-state index in [9.17, 15) is 22.4 Å². The van der Waals surface area contributed by atoms with Crippen molar-refractivity contribution in [1.82, 2.24) is 15.3 Å². The highest BCUT2D eigenvalue weighted by Gasteiger charge is 2.31. The van der Waals surface area contributed by atoms with Gasteiger partial charge in [-0.1, -0.05) is 0 Å². The van der Waals surface area contributed by atoms with Crippen LogP contribution in [0.15, 0.2) is 35.7 Å². The third-order valence-corrected chi connectivity index (χ3v) is 4.97. The van der Waals surface area contributed by atoms with Crippen molar-refractivity contribution in [3.05, 3.63) is 63.5 Å².